The predicted octanol–water partition coefficient (Wildman–Crippen LogP) is 3.77. The summed E-state index contributed by atoms with van der Waals surface area (Å²) in [6, 6.07) is 14.4. The molecule has 1 heterocycles. The Morgan fingerprint density at radius 2 is 1.85 bits per heavy atom. The molecule has 0 atom stereocenters. The Labute approximate surface area is 118 Å². The molecule has 0 N–H and O–H groups in total. The first-order valence-corrected chi connectivity index (χ1v) is 6.75. The van der Waals surface area contributed by atoms with Crippen LogP contribution in [0.5, 0.6) is 5.75 Å². The first kappa shape index (κ1) is 12.7. The number of aryl methyl sites for hydroxylation is 3. The molecule has 3 heteroatoms. The summed E-state index contributed by atoms with van der Waals surface area (Å²) in [5.74, 6) is 1.82. The minimum absolute atomic E-state index is 0.480. The van der Waals surface area contributed by atoms with Gasteiger partial charge in [0.25, 0.3) is 0 Å². The van der Waals surface area contributed by atoms with Crippen LogP contribution >= 0.6 is 0 Å². The summed E-state index contributed by atoms with van der Waals surface area (Å²) in [5.41, 5.74) is 4.58. The quantitative estimate of drug-likeness (QED) is 0.721. The molecule has 0 fully saturated rings. The van der Waals surface area contributed by atoms with Gasteiger partial charge >= 0.3 is 0 Å². The van der Waals surface area contributed by atoms with Gasteiger partial charge < -0.3 is 9.30 Å². The standard InChI is InChI=1S/C17H18N2O/c1-12-5-4-6-14(9-12)20-11-17-18-15-10-13(2)7-8-16(15)19(17)3/h4-10H,11H2,1-3H3. The number of nitrogens with zero attached hydrogens (tertiary/aromatic N) is 2. The number of imidazole rings is 1. The van der Waals surface area contributed by atoms with E-state index in [4.69, 9.17) is 4.74 Å². The number of hydrogen-bond acceptors (Lipinski definition) is 2. The molecule has 20 heavy (non-hydrogen) atoms. The van der Waals surface area contributed by atoms with Crippen LogP contribution in [0.2, 0.25) is 0 Å². The molecule has 3 rings (SSSR count). The lowest BCUT2D eigenvalue weighted by Gasteiger charge is -2.06. The van der Waals surface area contributed by atoms with Crippen molar-refractivity contribution < 1.29 is 4.74 Å². The highest BCUT2D eigenvalue weighted by Crippen LogP contribution is 2.19. The van der Waals surface area contributed by atoms with Crippen molar-refractivity contribution in [3.63, 3.8) is 0 Å². The molecule has 1 aromatic heterocycles. The van der Waals surface area contributed by atoms with Gasteiger partial charge in [0.1, 0.15) is 18.2 Å². The maximum atomic E-state index is 5.83. The zero-order valence-electron chi connectivity index (χ0n) is 12.1. The van der Waals surface area contributed by atoms with E-state index in [1.54, 1.807) is 0 Å². The monoisotopic (exact) mass is 266 g/mol. The van der Waals surface area contributed by atoms with Crippen LogP contribution in [0, 0.1) is 13.8 Å². The molecule has 102 valence electrons. The van der Waals surface area contributed by atoms with Gasteiger partial charge in [-0.3, -0.25) is 0 Å². The molecule has 2 aromatic carbocycles. The van der Waals surface area contributed by atoms with Gasteiger partial charge in [-0.15, -0.1) is 0 Å². The highest BCUT2D eigenvalue weighted by molar-refractivity contribution is 5.76. The second kappa shape index (κ2) is 5.00. The largest absolute Gasteiger partial charge is 0.486 e. The first-order valence-electron chi connectivity index (χ1n) is 6.75. The molecule has 0 bridgehead atoms. The van der Waals surface area contributed by atoms with Crippen molar-refractivity contribution in [1.29, 1.82) is 0 Å². The number of rotatable bonds is 3. The Balaban J connectivity index is 1.86. The topological polar surface area (TPSA) is 27.1 Å². The Bertz CT molecular complexity index is 759. The highest BCUT2D eigenvalue weighted by atomic mass is 16.5. The minimum Gasteiger partial charge on any atom is -0.486 e. The van der Waals surface area contributed by atoms with Crippen LogP contribution in [0.25, 0.3) is 11.0 Å². The normalized spacial score (nSPS) is 10.9. The average Bonchev–Trinajstić information content (AvgIpc) is 2.72. The number of fused-ring (bicyclic) bond motifs is 1. The van der Waals surface area contributed by atoms with E-state index in [0.29, 0.717) is 6.61 Å². The Kier molecular flexibility index (Phi) is 3.18. The second-order valence-electron chi connectivity index (χ2n) is 5.18. The predicted molar refractivity (Wildman–Crippen MR) is 81.0 cm³/mol. The molecule has 0 aliphatic heterocycles. The smallest absolute Gasteiger partial charge is 0.147 e. The number of hydrogen-bond donors (Lipinski definition) is 0. The van der Waals surface area contributed by atoms with Crippen LogP contribution in [0.3, 0.4) is 0 Å². The fourth-order valence-electron chi connectivity index (χ4n) is 2.34. The molecular weight excluding hydrogens is 248 g/mol. The Hall–Kier alpha value is -2.29. The van der Waals surface area contributed by atoms with Gasteiger partial charge in [0.05, 0.1) is 11.0 Å². The lowest BCUT2D eigenvalue weighted by molar-refractivity contribution is 0.292. The molecule has 0 aliphatic carbocycles. The molecule has 0 aliphatic rings. The van der Waals surface area contributed by atoms with Crippen molar-refractivity contribution in [3.05, 3.63) is 59.4 Å². The number of benzene rings is 2. The van der Waals surface area contributed by atoms with Crippen LogP contribution in [0.1, 0.15) is 17.0 Å². The van der Waals surface area contributed by atoms with Crippen LogP contribution in [-0.2, 0) is 13.7 Å². The summed E-state index contributed by atoms with van der Waals surface area (Å²) < 4.78 is 7.92. The van der Waals surface area contributed by atoms with Crippen molar-refractivity contribution in [3.8, 4) is 5.75 Å². The third-order valence-corrected chi connectivity index (χ3v) is 3.49. The van der Waals surface area contributed by atoms with E-state index in [1.165, 1.54) is 11.1 Å². The van der Waals surface area contributed by atoms with Gasteiger partial charge in [-0.1, -0.05) is 18.2 Å². The zero-order valence-corrected chi connectivity index (χ0v) is 12.1. The molecule has 0 amide bonds. The summed E-state index contributed by atoms with van der Waals surface area (Å²) >= 11 is 0. The van der Waals surface area contributed by atoms with Gasteiger partial charge in [-0.2, -0.15) is 0 Å². The van der Waals surface area contributed by atoms with Gasteiger partial charge in [-0.05, 0) is 49.2 Å². The van der Waals surface area contributed by atoms with E-state index in [1.807, 2.05) is 25.2 Å². The average molecular weight is 266 g/mol. The lowest BCUT2D eigenvalue weighted by Crippen LogP contribution is -2.03. The summed E-state index contributed by atoms with van der Waals surface area (Å²) in [6.45, 7) is 4.62. The van der Waals surface area contributed by atoms with Crippen molar-refractivity contribution >= 4 is 11.0 Å². The number of aromatic nitrogens is 2. The van der Waals surface area contributed by atoms with E-state index in [2.05, 4.69) is 47.7 Å². The molecule has 0 saturated heterocycles. The van der Waals surface area contributed by atoms with Crippen molar-refractivity contribution in [2.24, 2.45) is 7.05 Å². The van der Waals surface area contributed by atoms with Crippen LogP contribution in [-0.4, -0.2) is 9.55 Å². The SMILES string of the molecule is Cc1cccc(OCc2nc3cc(C)ccc3n2C)c1. The lowest BCUT2D eigenvalue weighted by atomic mass is 10.2. The molecular formula is C17H18N2O. The summed E-state index contributed by atoms with van der Waals surface area (Å²) in [5, 5.41) is 0. The van der Waals surface area contributed by atoms with Gasteiger partial charge in [0, 0.05) is 7.05 Å². The van der Waals surface area contributed by atoms with E-state index in [-0.39, 0.29) is 0 Å². The number of ether oxygens (including phenoxy) is 1. The molecule has 3 nitrogen and oxygen atoms in total. The third-order valence-electron chi connectivity index (χ3n) is 3.49. The highest BCUT2D eigenvalue weighted by Gasteiger charge is 2.08. The Morgan fingerprint density at radius 1 is 1.05 bits per heavy atom. The summed E-state index contributed by atoms with van der Waals surface area (Å²) in [4.78, 5) is 4.65. The Morgan fingerprint density at radius 3 is 2.65 bits per heavy atom. The minimum atomic E-state index is 0.480. The fourth-order valence-corrected chi connectivity index (χ4v) is 2.34. The van der Waals surface area contributed by atoms with Crippen LogP contribution in [0.4, 0.5) is 0 Å². The van der Waals surface area contributed by atoms with E-state index in [9.17, 15) is 0 Å². The second-order valence-corrected chi connectivity index (χ2v) is 5.18. The molecule has 0 spiro atoms. The third kappa shape index (κ3) is 2.39. The van der Waals surface area contributed by atoms with E-state index >= 15 is 0 Å². The van der Waals surface area contributed by atoms with Gasteiger partial charge in [0.2, 0.25) is 0 Å². The zero-order chi connectivity index (χ0) is 14.1. The van der Waals surface area contributed by atoms with Crippen LogP contribution < -0.4 is 4.74 Å². The van der Waals surface area contributed by atoms with Crippen LogP contribution in [0.15, 0.2) is 42.5 Å². The maximum absolute atomic E-state index is 5.83. The van der Waals surface area contributed by atoms with E-state index in [0.717, 1.165) is 22.6 Å². The first-order chi connectivity index (χ1) is 9.63. The van der Waals surface area contributed by atoms with E-state index < -0.39 is 0 Å². The van der Waals surface area contributed by atoms with Crippen molar-refractivity contribution in [1.82, 2.24) is 9.55 Å². The summed E-state index contributed by atoms with van der Waals surface area (Å²) in [6.07, 6.45) is 0. The molecule has 3 aromatic rings. The summed E-state index contributed by atoms with van der Waals surface area (Å²) in [7, 11) is 2.03. The maximum Gasteiger partial charge on any atom is 0.147 e. The van der Waals surface area contributed by atoms with Gasteiger partial charge in [0.15, 0.2) is 0 Å². The molecule has 0 saturated carbocycles. The van der Waals surface area contributed by atoms with Gasteiger partial charge in [-0.25, -0.2) is 4.98 Å². The molecule has 0 radical (unpaired) electrons. The van der Waals surface area contributed by atoms with Crippen molar-refractivity contribution in [2.45, 2.75) is 20.5 Å². The fraction of sp³-hybridized carbons (Fsp3) is 0.235. The van der Waals surface area contributed by atoms with Crippen molar-refractivity contribution in [2.75, 3.05) is 0 Å². The molecule has 0 unspecified atom stereocenters.